The Hall–Kier alpha value is -4.82. The molecule has 1 heterocycles. The minimum Gasteiger partial charge on any atom is -0.481 e. The number of nitrogen functional groups attached to an aromatic ring is 1. The number of nitrogens with zero attached hydrogens (tertiary/aromatic N) is 1. The van der Waals surface area contributed by atoms with Crippen LogP contribution < -0.4 is 21.1 Å². The Labute approximate surface area is 255 Å². The van der Waals surface area contributed by atoms with Gasteiger partial charge in [-0.3, -0.25) is 15.0 Å². The Morgan fingerprint density at radius 3 is 2.11 bits per heavy atom. The molecule has 2 amide bonds. The fourth-order valence-corrected chi connectivity index (χ4v) is 4.42. The van der Waals surface area contributed by atoms with E-state index in [1.807, 2.05) is 20.8 Å². The summed E-state index contributed by atoms with van der Waals surface area (Å²) < 4.78 is 38.9. The zero-order valence-electron chi connectivity index (χ0n) is 25.2. The van der Waals surface area contributed by atoms with Crippen molar-refractivity contribution in [3.05, 3.63) is 77.0 Å². The van der Waals surface area contributed by atoms with Gasteiger partial charge in [0, 0.05) is 35.6 Å². The lowest BCUT2D eigenvalue weighted by molar-refractivity contribution is 0.0748. The van der Waals surface area contributed by atoms with Gasteiger partial charge in [0.1, 0.15) is 11.5 Å². The van der Waals surface area contributed by atoms with Gasteiger partial charge in [0.2, 0.25) is 5.88 Å². The minimum absolute atomic E-state index is 0.0394. The number of carbonyl (C=O) groups is 3. The van der Waals surface area contributed by atoms with Gasteiger partial charge < -0.3 is 30.0 Å². The average molecular weight is 626 g/mol. The highest BCUT2D eigenvalue weighted by Crippen LogP contribution is 2.31. The third-order valence-electron chi connectivity index (χ3n) is 6.45. The fraction of sp³-hybridized carbons (Fsp3) is 0.300. The number of methoxy groups -OCH3 is 2. The summed E-state index contributed by atoms with van der Waals surface area (Å²) in [6.45, 7) is 6.01. The molecular formula is C30H35N5O8S. The second kappa shape index (κ2) is 13.7. The van der Waals surface area contributed by atoms with Crippen molar-refractivity contribution in [3.63, 3.8) is 0 Å². The first-order chi connectivity index (χ1) is 20.5. The van der Waals surface area contributed by atoms with Crippen LogP contribution in [0.5, 0.6) is 5.88 Å². The van der Waals surface area contributed by atoms with Crippen molar-refractivity contribution in [1.82, 2.24) is 10.3 Å². The lowest BCUT2D eigenvalue weighted by Crippen LogP contribution is -2.46. The maximum Gasteiger partial charge on any atom is 0.354 e. The van der Waals surface area contributed by atoms with Gasteiger partial charge in [-0.2, -0.15) is 8.42 Å². The molecular weight excluding hydrogens is 590 g/mol. The third-order valence-corrected chi connectivity index (χ3v) is 6.90. The number of aromatic nitrogens is 1. The van der Waals surface area contributed by atoms with Crippen molar-refractivity contribution in [2.75, 3.05) is 32.4 Å². The Kier molecular flexibility index (Phi) is 10.4. The predicted molar refractivity (Wildman–Crippen MR) is 164 cm³/mol. The molecule has 0 aliphatic heterocycles. The van der Waals surface area contributed by atoms with Gasteiger partial charge in [-0.15, -0.1) is 0 Å². The zero-order chi connectivity index (χ0) is 32.8. The second-order valence-electron chi connectivity index (χ2n) is 10.9. The van der Waals surface area contributed by atoms with E-state index in [1.54, 1.807) is 24.3 Å². The summed E-state index contributed by atoms with van der Waals surface area (Å²) in [7, 11) is -1.37. The van der Waals surface area contributed by atoms with Crippen molar-refractivity contribution in [2.24, 2.45) is 11.1 Å². The summed E-state index contributed by atoms with van der Waals surface area (Å²) in [6.07, 6.45) is 0.713. The van der Waals surface area contributed by atoms with Gasteiger partial charge in [-0.05, 0) is 53.4 Å². The molecule has 14 heteroatoms. The highest BCUT2D eigenvalue weighted by atomic mass is 32.2. The van der Waals surface area contributed by atoms with E-state index >= 15 is 0 Å². The van der Waals surface area contributed by atoms with Crippen molar-refractivity contribution < 1.29 is 36.5 Å². The van der Waals surface area contributed by atoms with Crippen LogP contribution in [0.15, 0.2) is 54.6 Å². The maximum atomic E-state index is 13.5. The lowest BCUT2D eigenvalue weighted by atomic mass is 9.87. The standard InChI is InChI=1S/C30H35N5O8S/c1-30(2,3)23(16-41-4)34-27(36)18-9-12-20(22(15-18)29(38)43-44(6,39)40)21-13-14-24(42-5)35-25(21)28(37)33-19-10-7-17(8-11-19)26(31)32/h7-15,23H,16H2,1-6H3,(H3,31,32)(H,33,37)(H,34,36)/t23-/m1/s1. The molecule has 13 nitrogen and oxygen atoms in total. The first-order valence-corrected chi connectivity index (χ1v) is 15.0. The zero-order valence-corrected chi connectivity index (χ0v) is 26.0. The van der Waals surface area contributed by atoms with Gasteiger partial charge in [0.05, 0.1) is 31.6 Å². The molecule has 0 saturated heterocycles. The molecule has 0 unspecified atom stereocenters. The lowest BCUT2D eigenvalue weighted by Gasteiger charge is -2.31. The summed E-state index contributed by atoms with van der Waals surface area (Å²) >= 11 is 0. The number of nitrogens with two attached hydrogens (primary N) is 1. The van der Waals surface area contributed by atoms with Crippen LogP contribution in [0.1, 0.15) is 57.5 Å². The largest absolute Gasteiger partial charge is 0.481 e. The number of nitrogens with one attached hydrogen (secondary N) is 3. The molecule has 0 spiro atoms. The summed E-state index contributed by atoms with van der Waals surface area (Å²) in [4.78, 5) is 44.2. The average Bonchev–Trinajstić information content (AvgIpc) is 2.95. The number of pyridine rings is 1. The Bertz CT molecular complexity index is 1680. The molecule has 0 radical (unpaired) electrons. The van der Waals surface area contributed by atoms with Crippen molar-refractivity contribution >= 4 is 39.4 Å². The summed E-state index contributed by atoms with van der Waals surface area (Å²) in [5, 5.41) is 13.1. The number of anilines is 1. The predicted octanol–water partition coefficient (Wildman–Crippen LogP) is 3.20. The molecule has 3 aromatic rings. The number of benzene rings is 2. The van der Waals surface area contributed by atoms with E-state index in [4.69, 9.17) is 20.6 Å². The summed E-state index contributed by atoms with van der Waals surface area (Å²) in [6, 6.07) is 12.8. The molecule has 0 aliphatic rings. The summed E-state index contributed by atoms with van der Waals surface area (Å²) in [5.74, 6) is -2.54. The highest BCUT2D eigenvalue weighted by molar-refractivity contribution is 7.86. The number of ether oxygens (including phenoxy) is 2. The van der Waals surface area contributed by atoms with E-state index in [-0.39, 0.29) is 51.7 Å². The third kappa shape index (κ3) is 8.61. The van der Waals surface area contributed by atoms with Crippen molar-refractivity contribution in [3.8, 4) is 17.0 Å². The number of hydrogen-bond donors (Lipinski definition) is 4. The normalized spacial score (nSPS) is 12.1. The Balaban J connectivity index is 2.12. The van der Waals surface area contributed by atoms with Gasteiger partial charge in [-0.1, -0.05) is 26.8 Å². The maximum absolute atomic E-state index is 13.5. The van der Waals surface area contributed by atoms with Crippen LogP contribution >= 0.6 is 0 Å². The second-order valence-corrected chi connectivity index (χ2v) is 12.5. The van der Waals surface area contributed by atoms with E-state index in [9.17, 15) is 22.8 Å². The van der Waals surface area contributed by atoms with Crippen LogP contribution in [0.4, 0.5) is 5.69 Å². The topological polar surface area (TPSA) is 200 Å². The molecule has 5 N–H and O–H groups in total. The van der Waals surface area contributed by atoms with Crippen LogP contribution in [0, 0.1) is 10.8 Å². The van der Waals surface area contributed by atoms with E-state index in [2.05, 4.69) is 19.8 Å². The van der Waals surface area contributed by atoms with Crippen molar-refractivity contribution in [1.29, 1.82) is 5.41 Å². The van der Waals surface area contributed by atoms with E-state index < -0.39 is 33.9 Å². The number of carbonyl (C=O) groups excluding carboxylic acids is 3. The number of amidine groups is 1. The molecule has 0 saturated carbocycles. The summed E-state index contributed by atoms with van der Waals surface area (Å²) in [5.41, 5.74) is 5.73. The number of amides is 2. The van der Waals surface area contributed by atoms with Gasteiger partial charge in [0.15, 0.2) is 0 Å². The highest BCUT2D eigenvalue weighted by Gasteiger charge is 2.29. The minimum atomic E-state index is -4.24. The molecule has 3 rings (SSSR count). The van der Waals surface area contributed by atoms with Crippen LogP contribution in [-0.2, 0) is 19.0 Å². The molecule has 2 aromatic carbocycles. The van der Waals surface area contributed by atoms with E-state index in [0.29, 0.717) is 17.5 Å². The van der Waals surface area contributed by atoms with Crippen LogP contribution in [0.25, 0.3) is 11.1 Å². The Morgan fingerprint density at radius 2 is 1.57 bits per heavy atom. The molecule has 1 aromatic heterocycles. The van der Waals surface area contributed by atoms with E-state index in [0.717, 1.165) is 0 Å². The van der Waals surface area contributed by atoms with Gasteiger partial charge in [0.25, 0.3) is 11.8 Å². The van der Waals surface area contributed by atoms with Gasteiger partial charge >= 0.3 is 16.1 Å². The first-order valence-electron chi connectivity index (χ1n) is 13.2. The van der Waals surface area contributed by atoms with Crippen LogP contribution in [-0.4, -0.2) is 70.1 Å². The van der Waals surface area contributed by atoms with Crippen LogP contribution in [0.3, 0.4) is 0 Å². The van der Waals surface area contributed by atoms with Gasteiger partial charge in [-0.25, -0.2) is 9.78 Å². The quantitative estimate of drug-likeness (QED) is 0.139. The van der Waals surface area contributed by atoms with Crippen molar-refractivity contribution in [2.45, 2.75) is 26.8 Å². The Morgan fingerprint density at radius 1 is 0.955 bits per heavy atom. The fourth-order valence-electron chi connectivity index (χ4n) is 4.06. The molecule has 0 fully saturated rings. The first kappa shape index (κ1) is 33.7. The smallest absolute Gasteiger partial charge is 0.354 e. The molecule has 0 bridgehead atoms. The molecule has 0 aliphatic carbocycles. The number of rotatable bonds is 11. The molecule has 44 heavy (non-hydrogen) atoms. The van der Waals surface area contributed by atoms with E-state index in [1.165, 1.54) is 44.6 Å². The molecule has 234 valence electrons. The van der Waals surface area contributed by atoms with Crippen LogP contribution in [0.2, 0.25) is 0 Å². The SMILES string of the molecule is COC[C@@H](NC(=O)c1ccc(-c2ccc(OC)nc2C(=O)Nc2ccc(C(=N)N)cc2)c(C(=O)OS(C)(=O)=O)c1)C(C)(C)C. The monoisotopic (exact) mass is 625 g/mol. The number of hydrogen-bond acceptors (Lipinski definition) is 10. The molecule has 1 atom stereocenters.